The molecule has 0 fully saturated rings. The lowest BCUT2D eigenvalue weighted by atomic mass is 9.95. The minimum absolute atomic E-state index is 0.0346. The van der Waals surface area contributed by atoms with E-state index >= 15 is 0 Å². The molecule has 0 saturated carbocycles. The van der Waals surface area contributed by atoms with Crippen molar-refractivity contribution in [1.29, 1.82) is 0 Å². The number of hydrogen-bond acceptors (Lipinski definition) is 7. The number of carbonyl (C=O) groups is 1. The van der Waals surface area contributed by atoms with E-state index in [-0.39, 0.29) is 53.4 Å². The van der Waals surface area contributed by atoms with Crippen LogP contribution >= 0.6 is 0 Å². The zero-order valence-corrected chi connectivity index (χ0v) is 19.7. The maximum Gasteiger partial charge on any atom is 0.273 e. The van der Waals surface area contributed by atoms with Crippen LogP contribution in [0.3, 0.4) is 0 Å². The molecule has 1 atom stereocenters. The lowest BCUT2D eigenvalue weighted by Gasteiger charge is -2.27. The number of nitrogens with one attached hydrogen (secondary N) is 1. The molecule has 3 heterocycles. The molecule has 188 valence electrons. The van der Waals surface area contributed by atoms with Crippen molar-refractivity contribution in [2.24, 2.45) is 0 Å². The molecular formula is C27H22FN3O6. The summed E-state index contributed by atoms with van der Waals surface area (Å²) in [5.41, 5.74) is 2.58. The third kappa shape index (κ3) is 3.77. The number of benzene rings is 3. The minimum atomic E-state index is -0.677. The van der Waals surface area contributed by atoms with Gasteiger partial charge in [0.1, 0.15) is 23.0 Å². The van der Waals surface area contributed by atoms with Crippen LogP contribution in [0.2, 0.25) is 0 Å². The van der Waals surface area contributed by atoms with Crippen molar-refractivity contribution in [3.63, 3.8) is 0 Å². The number of hydrogen-bond donors (Lipinski definition) is 3. The van der Waals surface area contributed by atoms with Crippen LogP contribution in [-0.4, -0.2) is 44.6 Å². The molecule has 37 heavy (non-hydrogen) atoms. The van der Waals surface area contributed by atoms with Gasteiger partial charge in [-0.05, 0) is 60.5 Å². The van der Waals surface area contributed by atoms with Gasteiger partial charge in [0.2, 0.25) is 6.79 Å². The number of aromatic nitrogens is 2. The number of fused-ring (bicyclic) bond motifs is 2. The molecule has 1 amide bonds. The Balaban J connectivity index is 1.49. The summed E-state index contributed by atoms with van der Waals surface area (Å²) >= 11 is 0. The zero-order chi connectivity index (χ0) is 25.7. The van der Waals surface area contributed by atoms with E-state index < -0.39 is 11.9 Å². The summed E-state index contributed by atoms with van der Waals surface area (Å²) in [4.78, 5) is 15.3. The van der Waals surface area contributed by atoms with E-state index in [4.69, 9.17) is 14.2 Å². The van der Waals surface area contributed by atoms with Gasteiger partial charge in [0.25, 0.3) is 5.91 Å². The number of H-pyrrole nitrogens is 1. The molecule has 9 nitrogen and oxygen atoms in total. The van der Waals surface area contributed by atoms with Gasteiger partial charge in [-0.1, -0.05) is 12.1 Å². The van der Waals surface area contributed by atoms with Crippen LogP contribution < -0.4 is 14.2 Å². The van der Waals surface area contributed by atoms with Crippen LogP contribution in [0, 0.1) is 5.82 Å². The number of aromatic hydroxyl groups is 2. The Bertz CT molecular complexity index is 1530. The lowest BCUT2D eigenvalue weighted by molar-refractivity contribution is 0.0729. The van der Waals surface area contributed by atoms with Gasteiger partial charge in [-0.2, -0.15) is 5.10 Å². The van der Waals surface area contributed by atoms with Crippen molar-refractivity contribution in [2.75, 3.05) is 13.4 Å². The average Bonchev–Trinajstić information content (AvgIpc) is 3.59. The molecule has 1 unspecified atom stereocenters. The molecule has 4 aromatic rings. The van der Waals surface area contributed by atoms with Crippen molar-refractivity contribution in [3.8, 4) is 40.0 Å². The fraction of sp³-hybridized carbons (Fsp3) is 0.185. The maximum absolute atomic E-state index is 14.2. The zero-order valence-electron chi connectivity index (χ0n) is 19.7. The van der Waals surface area contributed by atoms with Crippen molar-refractivity contribution in [2.45, 2.75) is 19.5 Å². The average molecular weight is 503 g/mol. The first-order valence-electron chi connectivity index (χ1n) is 11.7. The summed E-state index contributed by atoms with van der Waals surface area (Å²) in [5, 5.41) is 27.9. The van der Waals surface area contributed by atoms with E-state index in [9.17, 15) is 19.4 Å². The summed E-state index contributed by atoms with van der Waals surface area (Å²) in [5.74, 6) is 0.414. The standard InChI is InChI=1S/C27H22FN3O6/c1-2-35-21-10-15(4-6-19(21)33)26-23-24(17-11-16(28)5-7-18(17)32)29-30-25(23)27(34)31(26)12-14-3-8-20-22(9-14)37-13-36-20/h3-11,26,32-33H,2,12-13H2,1H3,(H,29,30). The predicted octanol–water partition coefficient (Wildman–Crippen LogP) is 4.50. The molecule has 0 saturated heterocycles. The molecule has 0 bridgehead atoms. The van der Waals surface area contributed by atoms with Gasteiger partial charge in [0.05, 0.1) is 12.6 Å². The Morgan fingerprint density at radius 3 is 2.73 bits per heavy atom. The van der Waals surface area contributed by atoms with E-state index in [0.29, 0.717) is 29.2 Å². The topological polar surface area (TPSA) is 117 Å². The van der Waals surface area contributed by atoms with Crippen molar-refractivity contribution in [3.05, 3.63) is 82.8 Å². The number of amides is 1. The van der Waals surface area contributed by atoms with Gasteiger partial charge in [-0.15, -0.1) is 0 Å². The molecule has 0 radical (unpaired) electrons. The summed E-state index contributed by atoms with van der Waals surface area (Å²) in [6.07, 6.45) is 0. The highest BCUT2D eigenvalue weighted by atomic mass is 19.1. The first-order chi connectivity index (χ1) is 17.9. The van der Waals surface area contributed by atoms with Crippen LogP contribution in [0.4, 0.5) is 4.39 Å². The molecule has 2 aliphatic heterocycles. The number of carbonyl (C=O) groups excluding carboxylic acids is 1. The molecule has 1 aromatic heterocycles. The normalized spacial score (nSPS) is 15.8. The summed E-state index contributed by atoms with van der Waals surface area (Å²) < 4.78 is 30.6. The number of aromatic amines is 1. The molecular weight excluding hydrogens is 481 g/mol. The predicted molar refractivity (Wildman–Crippen MR) is 129 cm³/mol. The third-order valence-corrected chi connectivity index (χ3v) is 6.47. The van der Waals surface area contributed by atoms with E-state index in [0.717, 1.165) is 11.6 Å². The van der Waals surface area contributed by atoms with Gasteiger partial charge in [-0.3, -0.25) is 9.89 Å². The molecule has 6 rings (SSSR count). The monoisotopic (exact) mass is 503 g/mol. The van der Waals surface area contributed by atoms with Gasteiger partial charge in [-0.25, -0.2) is 4.39 Å². The number of phenols is 2. The van der Waals surface area contributed by atoms with E-state index in [1.165, 1.54) is 18.2 Å². The minimum Gasteiger partial charge on any atom is -0.507 e. The van der Waals surface area contributed by atoms with Gasteiger partial charge >= 0.3 is 0 Å². The third-order valence-electron chi connectivity index (χ3n) is 6.47. The Morgan fingerprint density at radius 2 is 1.89 bits per heavy atom. The second-order valence-corrected chi connectivity index (χ2v) is 8.71. The largest absolute Gasteiger partial charge is 0.507 e. The first kappa shape index (κ1) is 22.7. The fourth-order valence-electron chi connectivity index (χ4n) is 4.82. The Labute approximate surface area is 210 Å². The first-order valence-corrected chi connectivity index (χ1v) is 11.7. The fourth-order valence-corrected chi connectivity index (χ4v) is 4.82. The van der Waals surface area contributed by atoms with E-state index in [1.807, 2.05) is 12.1 Å². The molecule has 0 aliphatic carbocycles. The van der Waals surface area contributed by atoms with Crippen LogP contribution in [0.15, 0.2) is 54.6 Å². The van der Waals surface area contributed by atoms with Crippen molar-refractivity contribution < 1.29 is 33.6 Å². The maximum atomic E-state index is 14.2. The second-order valence-electron chi connectivity index (χ2n) is 8.71. The van der Waals surface area contributed by atoms with Gasteiger partial charge in [0, 0.05) is 17.7 Å². The van der Waals surface area contributed by atoms with Crippen LogP contribution in [-0.2, 0) is 6.54 Å². The van der Waals surface area contributed by atoms with E-state index in [2.05, 4.69) is 10.2 Å². The highest BCUT2D eigenvalue weighted by Crippen LogP contribution is 2.47. The smallest absolute Gasteiger partial charge is 0.273 e. The molecule has 3 aromatic carbocycles. The quantitative estimate of drug-likeness (QED) is 0.355. The van der Waals surface area contributed by atoms with Crippen LogP contribution in [0.5, 0.6) is 28.7 Å². The Morgan fingerprint density at radius 1 is 1.08 bits per heavy atom. The number of rotatable bonds is 6. The molecule has 3 N–H and O–H groups in total. The number of nitrogens with zero attached hydrogens (tertiary/aromatic N) is 2. The second kappa shape index (κ2) is 8.74. The molecule has 10 heteroatoms. The van der Waals surface area contributed by atoms with E-state index in [1.54, 1.807) is 30.0 Å². The number of ether oxygens (including phenoxy) is 3. The van der Waals surface area contributed by atoms with Crippen LogP contribution in [0.1, 0.15) is 40.1 Å². The van der Waals surface area contributed by atoms with Crippen molar-refractivity contribution >= 4 is 5.91 Å². The highest BCUT2D eigenvalue weighted by Gasteiger charge is 2.43. The molecule has 0 spiro atoms. The van der Waals surface area contributed by atoms with Crippen molar-refractivity contribution in [1.82, 2.24) is 15.1 Å². The SMILES string of the molecule is CCOc1cc(C2c3c(-c4cc(F)ccc4O)n[nH]c3C(=O)N2Cc2ccc3c(c2)OCO3)ccc1O. The summed E-state index contributed by atoms with van der Waals surface area (Å²) in [6.45, 7) is 2.48. The van der Waals surface area contributed by atoms with Gasteiger partial charge in [0.15, 0.2) is 23.0 Å². The van der Waals surface area contributed by atoms with Gasteiger partial charge < -0.3 is 29.3 Å². The Hall–Kier alpha value is -4.73. The lowest BCUT2D eigenvalue weighted by Crippen LogP contribution is -2.29. The Kier molecular flexibility index (Phi) is 5.36. The summed E-state index contributed by atoms with van der Waals surface area (Å²) in [7, 11) is 0. The highest BCUT2D eigenvalue weighted by molar-refractivity contribution is 6.00. The number of phenolic OH excluding ortho intramolecular Hbond substituents is 2. The summed E-state index contributed by atoms with van der Waals surface area (Å²) in [6, 6.07) is 13.2. The number of halogens is 1. The molecule has 2 aliphatic rings. The van der Waals surface area contributed by atoms with Crippen LogP contribution in [0.25, 0.3) is 11.3 Å².